The van der Waals surface area contributed by atoms with Gasteiger partial charge in [-0.1, -0.05) is 108 Å². The summed E-state index contributed by atoms with van der Waals surface area (Å²) in [6.45, 7) is 0. The first kappa shape index (κ1) is 15.5. The number of halogens is 1. The topological polar surface area (TPSA) is 17.1 Å². The van der Waals surface area contributed by atoms with Crippen molar-refractivity contribution < 1.29 is 4.57 Å². The number of rotatable bonds is 4. The van der Waals surface area contributed by atoms with Gasteiger partial charge in [0.1, 0.15) is 0 Å². The van der Waals surface area contributed by atoms with Gasteiger partial charge in [0.05, 0.1) is 0 Å². The first-order valence-corrected chi connectivity index (χ1v) is 10.4. The molecule has 0 spiro atoms. The third-order valence-electron chi connectivity index (χ3n) is 3.71. The van der Waals surface area contributed by atoms with Crippen LogP contribution < -0.4 is 15.9 Å². The molecule has 0 atom stereocenters. The van der Waals surface area contributed by atoms with Crippen molar-refractivity contribution in [2.24, 2.45) is 0 Å². The minimum atomic E-state index is -2.84. The molecule has 0 fully saturated rings. The number of hydrogen-bond acceptors (Lipinski definition) is 1. The Kier molecular flexibility index (Phi) is 4.80. The number of benzene rings is 3. The fourth-order valence-corrected chi connectivity index (χ4v) is 6.49. The van der Waals surface area contributed by atoms with Crippen LogP contribution in [0.4, 0.5) is 0 Å². The number of hydrogen-bond donors (Lipinski definition) is 0. The van der Waals surface area contributed by atoms with Gasteiger partial charge in [0.25, 0.3) is 0 Å². The normalized spacial score (nSPS) is 11.3. The van der Waals surface area contributed by atoms with E-state index in [9.17, 15) is 4.57 Å². The SMILES string of the molecule is O=P(c1ccccc1)(c1ccccc1)c1ccccc1CI. The van der Waals surface area contributed by atoms with Crippen LogP contribution in [0, 0.1) is 0 Å². The Balaban J connectivity index is 2.32. The Morgan fingerprint density at radius 2 is 1.14 bits per heavy atom. The highest BCUT2D eigenvalue weighted by atomic mass is 127. The van der Waals surface area contributed by atoms with E-state index in [4.69, 9.17) is 0 Å². The average molecular weight is 418 g/mol. The van der Waals surface area contributed by atoms with Crippen LogP contribution in [0.5, 0.6) is 0 Å². The monoisotopic (exact) mass is 418 g/mol. The van der Waals surface area contributed by atoms with Gasteiger partial charge < -0.3 is 4.57 Å². The fourth-order valence-electron chi connectivity index (χ4n) is 2.63. The molecule has 22 heavy (non-hydrogen) atoms. The molecule has 3 heteroatoms. The zero-order valence-corrected chi connectivity index (χ0v) is 15.1. The smallest absolute Gasteiger partial charge is 0.171 e. The molecule has 0 aliphatic carbocycles. The van der Waals surface area contributed by atoms with Gasteiger partial charge >= 0.3 is 0 Å². The minimum Gasteiger partial charge on any atom is -0.309 e. The highest BCUT2D eigenvalue weighted by molar-refractivity contribution is 14.1. The van der Waals surface area contributed by atoms with Crippen molar-refractivity contribution in [3.05, 3.63) is 90.5 Å². The predicted molar refractivity (Wildman–Crippen MR) is 104 cm³/mol. The van der Waals surface area contributed by atoms with E-state index in [1.165, 1.54) is 0 Å². The molecule has 3 aromatic rings. The summed E-state index contributed by atoms with van der Waals surface area (Å²) in [6, 6.07) is 27.7. The van der Waals surface area contributed by atoms with Gasteiger partial charge in [-0.15, -0.1) is 0 Å². The van der Waals surface area contributed by atoms with E-state index in [1.807, 2.05) is 78.9 Å². The predicted octanol–water partition coefficient (Wildman–Crippen LogP) is 4.26. The second-order valence-electron chi connectivity index (χ2n) is 5.04. The average Bonchev–Trinajstić information content (AvgIpc) is 2.62. The standard InChI is InChI=1S/C19H16IOP/c20-15-16-9-7-8-14-19(16)22(21,17-10-3-1-4-11-17)18-12-5-2-6-13-18/h1-14H,15H2. The summed E-state index contributed by atoms with van der Waals surface area (Å²) >= 11 is 2.34. The van der Waals surface area contributed by atoms with Crippen molar-refractivity contribution in [3.8, 4) is 0 Å². The second kappa shape index (κ2) is 6.80. The van der Waals surface area contributed by atoms with Crippen LogP contribution in [-0.4, -0.2) is 0 Å². The van der Waals surface area contributed by atoms with Crippen LogP contribution in [0.3, 0.4) is 0 Å². The van der Waals surface area contributed by atoms with E-state index < -0.39 is 7.14 Å². The Bertz CT molecular complexity index is 756. The molecule has 0 aliphatic heterocycles. The van der Waals surface area contributed by atoms with Crippen LogP contribution in [0.1, 0.15) is 5.56 Å². The molecular weight excluding hydrogens is 402 g/mol. The molecule has 0 heterocycles. The lowest BCUT2D eigenvalue weighted by Gasteiger charge is -2.22. The molecule has 0 saturated heterocycles. The first-order valence-electron chi connectivity index (χ1n) is 7.12. The lowest BCUT2D eigenvalue weighted by Crippen LogP contribution is -2.27. The van der Waals surface area contributed by atoms with Gasteiger partial charge in [0.2, 0.25) is 0 Å². The quantitative estimate of drug-likeness (QED) is 0.352. The molecule has 110 valence electrons. The van der Waals surface area contributed by atoms with Crippen molar-refractivity contribution in [1.29, 1.82) is 0 Å². The van der Waals surface area contributed by atoms with Crippen LogP contribution in [0.25, 0.3) is 0 Å². The van der Waals surface area contributed by atoms with Gasteiger partial charge in [0, 0.05) is 20.3 Å². The molecule has 0 bridgehead atoms. The van der Waals surface area contributed by atoms with E-state index in [1.54, 1.807) is 0 Å². The summed E-state index contributed by atoms with van der Waals surface area (Å²) in [5.74, 6) is 0. The maximum absolute atomic E-state index is 14.2. The van der Waals surface area contributed by atoms with Crippen molar-refractivity contribution in [1.82, 2.24) is 0 Å². The van der Waals surface area contributed by atoms with Gasteiger partial charge in [0.15, 0.2) is 7.14 Å². The molecule has 0 aromatic heterocycles. The Hall–Kier alpha value is -1.38. The third-order valence-corrected chi connectivity index (χ3v) is 7.70. The molecule has 0 amide bonds. The second-order valence-corrected chi connectivity index (χ2v) is 8.54. The maximum Gasteiger partial charge on any atom is 0.171 e. The van der Waals surface area contributed by atoms with Crippen LogP contribution in [0.2, 0.25) is 0 Å². The summed E-state index contributed by atoms with van der Waals surface area (Å²) in [5.41, 5.74) is 1.14. The van der Waals surface area contributed by atoms with Crippen molar-refractivity contribution in [2.75, 3.05) is 0 Å². The van der Waals surface area contributed by atoms with Crippen molar-refractivity contribution in [3.63, 3.8) is 0 Å². The molecule has 0 unspecified atom stereocenters. The van der Waals surface area contributed by atoms with Crippen LogP contribution >= 0.6 is 29.7 Å². The molecule has 0 N–H and O–H groups in total. The lowest BCUT2D eigenvalue weighted by molar-refractivity contribution is 0.592. The van der Waals surface area contributed by atoms with Gasteiger partial charge in [-0.3, -0.25) is 0 Å². The van der Waals surface area contributed by atoms with Gasteiger partial charge in [-0.05, 0) is 5.56 Å². The summed E-state index contributed by atoms with van der Waals surface area (Å²) in [6.07, 6.45) is 0. The molecule has 0 radical (unpaired) electrons. The van der Waals surface area contributed by atoms with E-state index in [0.717, 1.165) is 25.9 Å². The Labute approximate surface area is 144 Å². The van der Waals surface area contributed by atoms with Crippen LogP contribution in [0.15, 0.2) is 84.9 Å². The summed E-state index contributed by atoms with van der Waals surface area (Å²) in [7, 11) is -2.84. The van der Waals surface area contributed by atoms with E-state index >= 15 is 0 Å². The minimum absolute atomic E-state index is 0.845. The highest BCUT2D eigenvalue weighted by Crippen LogP contribution is 2.43. The molecule has 3 rings (SSSR count). The number of alkyl halides is 1. The summed E-state index contributed by atoms with van der Waals surface area (Å²) < 4.78 is 15.0. The van der Waals surface area contributed by atoms with Crippen molar-refractivity contribution in [2.45, 2.75) is 4.43 Å². The maximum atomic E-state index is 14.2. The zero-order valence-electron chi connectivity index (χ0n) is 12.0. The fraction of sp³-hybridized carbons (Fsp3) is 0.0526. The van der Waals surface area contributed by atoms with E-state index in [-0.39, 0.29) is 0 Å². The zero-order chi connectivity index (χ0) is 15.4. The van der Waals surface area contributed by atoms with Crippen molar-refractivity contribution >= 4 is 45.6 Å². The molecule has 0 saturated carbocycles. The van der Waals surface area contributed by atoms with E-state index in [2.05, 4.69) is 28.7 Å². The molecule has 1 nitrogen and oxygen atoms in total. The van der Waals surface area contributed by atoms with E-state index in [0.29, 0.717) is 0 Å². The third kappa shape index (κ3) is 2.78. The summed E-state index contributed by atoms with van der Waals surface area (Å²) in [5, 5.41) is 2.72. The van der Waals surface area contributed by atoms with Gasteiger partial charge in [-0.25, -0.2) is 0 Å². The lowest BCUT2D eigenvalue weighted by atomic mass is 10.2. The first-order chi connectivity index (χ1) is 10.8. The molecule has 3 aromatic carbocycles. The Morgan fingerprint density at radius 1 is 0.682 bits per heavy atom. The van der Waals surface area contributed by atoms with Gasteiger partial charge in [-0.2, -0.15) is 0 Å². The van der Waals surface area contributed by atoms with Crippen LogP contribution in [-0.2, 0) is 8.99 Å². The Morgan fingerprint density at radius 3 is 1.64 bits per heavy atom. The molecular formula is C19H16IOP. The summed E-state index contributed by atoms with van der Waals surface area (Å²) in [4.78, 5) is 0. The highest BCUT2D eigenvalue weighted by Gasteiger charge is 2.31. The largest absolute Gasteiger partial charge is 0.309 e. The molecule has 0 aliphatic rings.